The quantitative estimate of drug-likeness (QED) is 0.839. The molecule has 0 aliphatic heterocycles. The lowest BCUT2D eigenvalue weighted by molar-refractivity contribution is 0.627. The minimum absolute atomic E-state index is 0.254. The molecule has 84 valence electrons. The summed E-state index contributed by atoms with van der Waals surface area (Å²) in [5, 5.41) is 4.15. The van der Waals surface area contributed by atoms with Gasteiger partial charge in [-0.25, -0.2) is 4.39 Å². The SMILES string of the molecule is Cc1c(-c2cc(F)ccc2CN)cnn1C. The van der Waals surface area contributed by atoms with Crippen molar-refractivity contribution in [3.63, 3.8) is 0 Å². The van der Waals surface area contributed by atoms with Gasteiger partial charge in [0.1, 0.15) is 5.82 Å². The van der Waals surface area contributed by atoms with Crippen LogP contribution in [0.1, 0.15) is 11.3 Å². The predicted molar refractivity (Wildman–Crippen MR) is 61.2 cm³/mol. The second-order valence-electron chi connectivity index (χ2n) is 3.77. The highest BCUT2D eigenvalue weighted by molar-refractivity contribution is 5.69. The molecule has 2 aromatic rings. The monoisotopic (exact) mass is 219 g/mol. The Morgan fingerprint density at radius 1 is 1.38 bits per heavy atom. The molecule has 0 unspecified atom stereocenters. The van der Waals surface area contributed by atoms with Gasteiger partial charge in [-0.2, -0.15) is 5.10 Å². The lowest BCUT2D eigenvalue weighted by Gasteiger charge is -2.07. The van der Waals surface area contributed by atoms with Crippen LogP contribution in [0, 0.1) is 12.7 Å². The molecule has 2 rings (SSSR count). The van der Waals surface area contributed by atoms with Crippen LogP contribution in [0.3, 0.4) is 0 Å². The Balaban J connectivity index is 2.62. The topological polar surface area (TPSA) is 43.8 Å². The molecular formula is C12H14FN3. The molecule has 0 fully saturated rings. The first kappa shape index (κ1) is 10.8. The highest BCUT2D eigenvalue weighted by Gasteiger charge is 2.11. The van der Waals surface area contributed by atoms with E-state index in [9.17, 15) is 4.39 Å². The fourth-order valence-corrected chi connectivity index (χ4v) is 1.74. The van der Waals surface area contributed by atoms with Crippen molar-refractivity contribution in [2.45, 2.75) is 13.5 Å². The number of aromatic nitrogens is 2. The van der Waals surface area contributed by atoms with Crippen molar-refractivity contribution < 1.29 is 4.39 Å². The Morgan fingerprint density at radius 2 is 2.12 bits per heavy atom. The number of halogens is 1. The van der Waals surface area contributed by atoms with Crippen LogP contribution < -0.4 is 5.73 Å². The summed E-state index contributed by atoms with van der Waals surface area (Å²) in [6, 6.07) is 4.65. The average Bonchev–Trinajstić information content (AvgIpc) is 2.60. The van der Waals surface area contributed by atoms with E-state index in [0.717, 1.165) is 22.4 Å². The predicted octanol–water partition coefficient (Wildman–Crippen LogP) is 1.99. The second-order valence-corrected chi connectivity index (χ2v) is 3.77. The molecule has 0 saturated heterocycles. The highest BCUT2D eigenvalue weighted by Crippen LogP contribution is 2.27. The van der Waals surface area contributed by atoms with Gasteiger partial charge in [0.25, 0.3) is 0 Å². The molecule has 4 heteroatoms. The summed E-state index contributed by atoms with van der Waals surface area (Å²) in [6.07, 6.45) is 1.74. The van der Waals surface area contributed by atoms with Crippen LogP contribution in [0.15, 0.2) is 24.4 Å². The third-order valence-corrected chi connectivity index (χ3v) is 2.82. The standard InChI is InChI=1S/C12H14FN3/c1-8-12(7-15-16(8)2)11-5-10(13)4-3-9(11)6-14/h3-5,7H,6,14H2,1-2H3. The average molecular weight is 219 g/mol. The van der Waals surface area contributed by atoms with Gasteiger partial charge in [0, 0.05) is 24.8 Å². The van der Waals surface area contributed by atoms with Gasteiger partial charge in [0.15, 0.2) is 0 Å². The van der Waals surface area contributed by atoms with Gasteiger partial charge in [-0.15, -0.1) is 0 Å². The van der Waals surface area contributed by atoms with Crippen molar-refractivity contribution in [1.29, 1.82) is 0 Å². The van der Waals surface area contributed by atoms with Crippen LogP contribution in [0.25, 0.3) is 11.1 Å². The summed E-state index contributed by atoms with van der Waals surface area (Å²) >= 11 is 0. The minimum Gasteiger partial charge on any atom is -0.326 e. The van der Waals surface area contributed by atoms with E-state index in [1.54, 1.807) is 16.9 Å². The number of hydrogen-bond donors (Lipinski definition) is 1. The van der Waals surface area contributed by atoms with Gasteiger partial charge < -0.3 is 5.73 Å². The zero-order valence-electron chi connectivity index (χ0n) is 9.37. The molecule has 0 saturated carbocycles. The van der Waals surface area contributed by atoms with E-state index in [1.165, 1.54) is 12.1 Å². The summed E-state index contributed by atoms with van der Waals surface area (Å²) < 4.78 is 15.0. The fraction of sp³-hybridized carbons (Fsp3) is 0.250. The van der Waals surface area contributed by atoms with E-state index in [0.29, 0.717) is 6.54 Å². The lowest BCUT2D eigenvalue weighted by atomic mass is 10.0. The highest BCUT2D eigenvalue weighted by atomic mass is 19.1. The largest absolute Gasteiger partial charge is 0.326 e. The van der Waals surface area contributed by atoms with Crippen molar-refractivity contribution in [3.05, 3.63) is 41.5 Å². The van der Waals surface area contributed by atoms with E-state index in [1.807, 2.05) is 14.0 Å². The summed E-state index contributed by atoms with van der Waals surface area (Å²) in [5.74, 6) is -0.254. The molecule has 0 atom stereocenters. The van der Waals surface area contributed by atoms with Crippen molar-refractivity contribution >= 4 is 0 Å². The Hall–Kier alpha value is -1.68. The molecule has 0 spiro atoms. The van der Waals surface area contributed by atoms with E-state index in [4.69, 9.17) is 5.73 Å². The summed E-state index contributed by atoms with van der Waals surface area (Å²) in [4.78, 5) is 0. The van der Waals surface area contributed by atoms with Gasteiger partial charge in [0.05, 0.1) is 6.20 Å². The maximum Gasteiger partial charge on any atom is 0.123 e. The first-order valence-corrected chi connectivity index (χ1v) is 5.11. The van der Waals surface area contributed by atoms with Crippen molar-refractivity contribution in [1.82, 2.24) is 9.78 Å². The molecule has 3 nitrogen and oxygen atoms in total. The van der Waals surface area contributed by atoms with Crippen LogP contribution >= 0.6 is 0 Å². The van der Waals surface area contributed by atoms with Crippen LogP contribution in [0.5, 0.6) is 0 Å². The maximum absolute atomic E-state index is 13.2. The Labute approximate surface area is 93.7 Å². The number of nitrogens with zero attached hydrogens (tertiary/aromatic N) is 2. The maximum atomic E-state index is 13.2. The molecule has 0 aliphatic carbocycles. The van der Waals surface area contributed by atoms with Crippen LogP contribution in [-0.4, -0.2) is 9.78 Å². The van der Waals surface area contributed by atoms with Gasteiger partial charge in [-0.3, -0.25) is 4.68 Å². The molecule has 0 radical (unpaired) electrons. The molecule has 1 aromatic heterocycles. The van der Waals surface area contributed by atoms with Crippen LogP contribution in [-0.2, 0) is 13.6 Å². The molecule has 1 heterocycles. The molecular weight excluding hydrogens is 205 g/mol. The third kappa shape index (κ3) is 1.72. The lowest BCUT2D eigenvalue weighted by Crippen LogP contribution is -2.00. The van der Waals surface area contributed by atoms with Gasteiger partial charge in [-0.1, -0.05) is 6.07 Å². The number of hydrogen-bond acceptors (Lipinski definition) is 2. The van der Waals surface area contributed by atoms with E-state index in [-0.39, 0.29) is 5.82 Å². The number of aryl methyl sites for hydroxylation is 1. The van der Waals surface area contributed by atoms with Gasteiger partial charge in [0.2, 0.25) is 0 Å². The number of rotatable bonds is 2. The molecule has 2 N–H and O–H groups in total. The second kappa shape index (κ2) is 4.06. The van der Waals surface area contributed by atoms with E-state index < -0.39 is 0 Å². The summed E-state index contributed by atoms with van der Waals surface area (Å²) in [5.41, 5.74) is 9.33. The Kier molecular flexibility index (Phi) is 2.75. The molecule has 0 bridgehead atoms. The first-order chi connectivity index (χ1) is 7.63. The molecule has 0 aliphatic rings. The van der Waals surface area contributed by atoms with Crippen molar-refractivity contribution in [3.8, 4) is 11.1 Å². The van der Waals surface area contributed by atoms with Gasteiger partial charge >= 0.3 is 0 Å². The number of nitrogens with two attached hydrogens (primary N) is 1. The minimum atomic E-state index is -0.254. The summed E-state index contributed by atoms with van der Waals surface area (Å²) in [6.45, 7) is 2.34. The Morgan fingerprint density at radius 3 is 2.69 bits per heavy atom. The fourth-order valence-electron chi connectivity index (χ4n) is 1.74. The molecule has 0 amide bonds. The smallest absolute Gasteiger partial charge is 0.123 e. The summed E-state index contributed by atoms with van der Waals surface area (Å²) in [7, 11) is 1.86. The molecule has 16 heavy (non-hydrogen) atoms. The van der Waals surface area contributed by atoms with Crippen LogP contribution in [0.2, 0.25) is 0 Å². The first-order valence-electron chi connectivity index (χ1n) is 5.11. The zero-order chi connectivity index (χ0) is 11.7. The van der Waals surface area contributed by atoms with E-state index in [2.05, 4.69) is 5.10 Å². The van der Waals surface area contributed by atoms with Gasteiger partial charge in [-0.05, 0) is 30.2 Å². The molecule has 1 aromatic carbocycles. The van der Waals surface area contributed by atoms with Crippen molar-refractivity contribution in [2.24, 2.45) is 12.8 Å². The zero-order valence-corrected chi connectivity index (χ0v) is 9.37. The Bertz CT molecular complexity index is 517. The van der Waals surface area contributed by atoms with E-state index >= 15 is 0 Å². The normalized spacial score (nSPS) is 10.8. The number of benzene rings is 1. The van der Waals surface area contributed by atoms with Crippen LogP contribution in [0.4, 0.5) is 4.39 Å². The third-order valence-electron chi connectivity index (χ3n) is 2.82. The van der Waals surface area contributed by atoms with Crippen molar-refractivity contribution in [2.75, 3.05) is 0 Å².